The van der Waals surface area contributed by atoms with Crippen LogP contribution in [0.2, 0.25) is 0 Å². The van der Waals surface area contributed by atoms with Gasteiger partial charge < -0.3 is 37.9 Å². The number of carbonyl (C=O) groups is 6. The molecule has 0 saturated carbocycles. The summed E-state index contributed by atoms with van der Waals surface area (Å²) in [6.45, 7) is 18.6. The average Bonchev–Trinajstić information content (AvgIpc) is 3.84. The van der Waals surface area contributed by atoms with E-state index in [0.717, 1.165) is 63.5 Å². The van der Waals surface area contributed by atoms with Gasteiger partial charge in [-0.05, 0) is 150 Å². The van der Waals surface area contributed by atoms with Crippen molar-refractivity contribution < 1.29 is 66.7 Å². The maximum absolute atomic E-state index is 14.1. The molecule has 0 radical (unpaired) electrons. The lowest BCUT2D eigenvalue weighted by Gasteiger charge is -2.16. The van der Waals surface area contributed by atoms with Crippen LogP contribution in [0.25, 0.3) is 21.0 Å². The molecule has 0 bridgehead atoms. The first-order valence-electron chi connectivity index (χ1n) is 24.3. The van der Waals surface area contributed by atoms with Crippen molar-refractivity contribution in [3.63, 3.8) is 0 Å². The SMILES string of the molecule is C=CC(=O)OCCCCCCOc1ccc(C(=O)Oc2cc(/C=N/Nc3nc4ccc(OC(=O)C(=C)C)cc4s3)c(OC(=O)c3ccc(OCCCCCCOC(=O)C=C)cc3)c3cc(OC(=O)C(=C)C)ccc23)cc1. The Morgan fingerprint density at radius 2 is 1.05 bits per heavy atom. The molecular formula is C58H57N3O14S. The molecule has 5 aromatic carbocycles. The summed E-state index contributed by atoms with van der Waals surface area (Å²) in [5.74, 6) is -2.14. The molecule has 0 spiro atoms. The van der Waals surface area contributed by atoms with E-state index in [0.29, 0.717) is 64.4 Å². The van der Waals surface area contributed by atoms with Gasteiger partial charge in [-0.15, -0.1) is 0 Å². The third-order valence-electron chi connectivity index (χ3n) is 10.9. The number of hydrazone groups is 1. The molecule has 0 saturated heterocycles. The molecule has 0 aliphatic heterocycles. The summed E-state index contributed by atoms with van der Waals surface area (Å²) >= 11 is 1.23. The summed E-state index contributed by atoms with van der Waals surface area (Å²) in [6, 6.07) is 23.9. The standard InChI is InChI=1S/C58H57N3O14S/c1-7-51(62)70-31-15-11-9-13-29-68-42-21-17-39(18-22-42)56(66)74-49-33-41(36-59-61-58-60-48-28-26-45(35-50(48)76-58)73-55(65)38(5)6)53(47-34-44(25-27-46(47)49)72-54(64)37(3)4)75-57(67)40-19-23-43(24-20-40)69-30-14-10-12-16-32-71-52(63)8-2/h7-8,17-28,33-36H,1-3,5,9-16,29-32H2,4,6H3,(H,60,61)/b59-36+. The van der Waals surface area contributed by atoms with E-state index in [4.69, 9.17) is 37.9 Å². The maximum Gasteiger partial charge on any atom is 0.343 e. The summed E-state index contributed by atoms with van der Waals surface area (Å²) < 4.78 is 45.7. The Labute approximate surface area is 443 Å². The van der Waals surface area contributed by atoms with E-state index >= 15 is 0 Å². The minimum absolute atomic E-state index is 0.0240. The third-order valence-corrected chi connectivity index (χ3v) is 11.8. The molecule has 76 heavy (non-hydrogen) atoms. The van der Waals surface area contributed by atoms with Gasteiger partial charge >= 0.3 is 35.8 Å². The minimum Gasteiger partial charge on any atom is -0.494 e. The van der Waals surface area contributed by atoms with Gasteiger partial charge in [0, 0.05) is 45.7 Å². The van der Waals surface area contributed by atoms with E-state index in [1.54, 1.807) is 79.7 Å². The van der Waals surface area contributed by atoms with E-state index in [1.807, 2.05) is 0 Å². The third kappa shape index (κ3) is 17.1. The first kappa shape index (κ1) is 56.4. The van der Waals surface area contributed by atoms with Gasteiger partial charge in [-0.1, -0.05) is 37.7 Å². The number of benzene rings is 5. The zero-order valence-corrected chi connectivity index (χ0v) is 43.0. The number of fused-ring (bicyclic) bond motifs is 2. The molecule has 0 aliphatic rings. The number of nitrogens with one attached hydrogen (secondary N) is 1. The fourth-order valence-corrected chi connectivity index (χ4v) is 7.77. The first-order valence-corrected chi connectivity index (χ1v) is 25.1. The molecule has 17 nitrogen and oxygen atoms in total. The van der Waals surface area contributed by atoms with Crippen molar-refractivity contribution in [2.75, 3.05) is 31.9 Å². The second-order valence-corrected chi connectivity index (χ2v) is 18.0. The minimum atomic E-state index is -0.759. The highest BCUT2D eigenvalue weighted by Crippen LogP contribution is 2.40. The van der Waals surface area contributed by atoms with Crippen LogP contribution in [0.15, 0.2) is 146 Å². The summed E-state index contributed by atoms with van der Waals surface area (Å²) in [5.41, 5.74) is 4.43. The van der Waals surface area contributed by atoms with Gasteiger partial charge in [0.15, 0.2) is 0 Å². The van der Waals surface area contributed by atoms with E-state index in [1.165, 1.54) is 42.7 Å². The van der Waals surface area contributed by atoms with Crippen molar-refractivity contribution in [2.45, 2.75) is 65.2 Å². The van der Waals surface area contributed by atoms with Crippen LogP contribution in [-0.2, 0) is 28.7 Å². The molecule has 1 aromatic heterocycles. The van der Waals surface area contributed by atoms with E-state index in [2.05, 4.69) is 41.8 Å². The van der Waals surface area contributed by atoms with Crippen molar-refractivity contribution in [1.82, 2.24) is 4.98 Å². The van der Waals surface area contributed by atoms with Crippen molar-refractivity contribution in [3.05, 3.63) is 157 Å². The molecule has 18 heteroatoms. The molecule has 0 amide bonds. The van der Waals surface area contributed by atoms with Crippen LogP contribution >= 0.6 is 11.3 Å². The number of esters is 6. The predicted molar refractivity (Wildman–Crippen MR) is 289 cm³/mol. The molecule has 0 unspecified atom stereocenters. The molecule has 6 aromatic rings. The summed E-state index contributed by atoms with van der Waals surface area (Å²) in [4.78, 5) is 79.9. The molecule has 1 N–H and O–H groups in total. The highest BCUT2D eigenvalue weighted by Gasteiger charge is 2.22. The molecule has 6 rings (SSSR count). The van der Waals surface area contributed by atoms with Gasteiger partial charge in [0.05, 0.1) is 54.0 Å². The van der Waals surface area contributed by atoms with E-state index < -0.39 is 35.8 Å². The average molecular weight is 1050 g/mol. The fourth-order valence-electron chi connectivity index (χ4n) is 6.93. The number of hydrogen-bond acceptors (Lipinski definition) is 18. The number of carbonyl (C=O) groups excluding carboxylic acids is 6. The molecule has 0 atom stereocenters. The monoisotopic (exact) mass is 1050 g/mol. The van der Waals surface area contributed by atoms with Gasteiger partial charge in [0.25, 0.3) is 0 Å². The number of aromatic nitrogens is 1. The number of rotatable bonds is 29. The smallest absolute Gasteiger partial charge is 0.343 e. The summed E-state index contributed by atoms with van der Waals surface area (Å²) in [7, 11) is 0. The quantitative estimate of drug-likeness (QED) is 0.0115. The Morgan fingerprint density at radius 1 is 0.566 bits per heavy atom. The van der Waals surface area contributed by atoms with Crippen molar-refractivity contribution in [2.24, 2.45) is 5.10 Å². The second-order valence-electron chi connectivity index (χ2n) is 17.0. The van der Waals surface area contributed by atoms with Crippen LogP contribution < -0.4 is 33.8 Å². The molecule has 0 aliphatic carbocycles. The Balaban J connectivity index is 1.25. The zero-order valence-electron chi connectivity index (χ0n) is 42.2. The van der Waals surface area contributed by atoms with Gasteiger partial charge in [-0.25, -0.2) is 33.8 Å². The number of thiazole rings is 1. The van der Waals surface area contributed by atoms with E-state index in [9.17, 15) is 28.8 Å². The lowest BCUT2D eigenvalue weighted by Crippen LogP contribution is -2.13. The van der Waals surface area contributed by atoms with Crippen molar-refractivity contribution >= 4 is 79.5 Å². The number of nitrogens with zero attached hydrogens (tertiary/aromatic N) is 2. The summed E-state index contributed by atoms with van der Waals surface area (Å²) in [5, 5.41) is 5.32. The Morgan fingerprint density at radius 3 is 1.58 bits per heavy atom. The normalized spacial score (nSPS) is 10.8. The van der Waals surface area contributed by atoms with Gasteiger partial charge in [0.1, 0.15) is 34.5 Å². The molecule has 0 fully saturated rings. The highest BCUT2D eigenvalue weighted by molar-refractivity contribution is 7.22. The number of anilines is 1. The zero-order chi connectivity index (χ0) is 54.4. The fraction of sp³-hybridized carbons (Fsp3) is 0.241. The number of hydrogen-bond donors (Lipinski definition) is 1. The van der Waals surface area contributed by atoms with Gasteiger partial charge in [-0.3, -0.25) is 5.43 Å². The van der Waals surface area contributed by atoms with Crippen LogP contribution in [-0.4, -0.2) is 73.4 Å². The molecule has 394 valence electrons. The lowest BCUT2D eigenvalue weighted by atomic mass is 10.0. The van der Waals surface area contributed by atoms with Crippen LogP contribution in [0.4, 0.5) is 5.13 Å². The highest BCUT2D eigenvalue weighted by atomic mass is 32.1. The summed E-state index contributed by atoms with van der Waals surface area (Å²) in [6.07, 6.45) is 10.0. The Hall–Kier alpha value is -8.90. The van der Waals surface area contributed by atoms with Crippen molar-refractivity contribution in [1.29, 1.82) is 0 Å². The molecule has 1 heterocycles. The predicted octanol–water partition coefficient (Wildman–Crippen LogP) is 11.6. The van der Waals surface area contributed by atoms with Gasteiger partial charge in [-0.2, -0.15) is 5.10 Å². The van der Waals surface area contributed by atoms with Crippen LogP contribution in [0.1, 0.15) is 91.5 Å². The largest absolute Gasteiger partial charge is 0.494 e. The van der Waals surface area contributed by atoms with Crippen LogP contribution in [0.3, 0.4) is 0 Å². The molecular weight excluding hydrogens is 995 g/mol. The Kier molecular flexibility index (Phi) is 21.2. The Bertz CT molecular complexity index is 3140. The van der Waals surface area contributed by atoms with Crippen molar-refractivity contribution in [3.8, 4) is 34.5 Å². The van der Waals surface area contributed by atoms with Crippen LogP contribution in [0, 0.1) is 0 Å². The number of unbranched alkanes of at least 4 members (excludes halogenated alkanes) is 6. The second kappa shape index (κ2) is 28.5. The number of ether oxygens (including phenoxy) is 8. The van der Waals surface area contributed by atoms with Crippen LogP contribution in [0.5, 0.6) is 34.5 Å². The first-order chi connectivity index (χ1) is 36.7. The maximum atomic E-state index is 14.1. The topological polar surface area (TPSA) is 214 Å². The lowest BCUT2D eigenvalue weighted by molar-refractivity contribution is -0.138. The van der Waals surface area contributed by atoms with Gasteiger partial charge in [0.2, 0.25) is 5.13 Å². The van der Waals surface area contributed by atoms with E-state index in [-0.39, 0.29) is 50.5 Å².